The van der Waals surface area contributed by atoms with E-state index in [-0.39, 0.29) is 17.3 Å². The van der Waals surface area contributed by atoms with E-state index in [0.717, 1.165) is 0 Å². The molecule has 8 heteroatoms. The Morgan fingerprint density at radius 2 is 1.96 bits per heavy atom. The molecule has 0 unspecified atom stereocenters. The van der Waals surface area contributed by atoms with Crippen LogP contribution in [0, 0.1) is 10.1 Å². The summed E-state index contributed by atoms with van der Waals surface area (Å²) in [5.74, 6) is -0.361. The summed E-state index contributed by atoms with van der Waals surface area (Å²) < 4.78 is 0. The summed E-state index contributed by atoms with van der Waals surface area (Å²) in [5.41, 5.74) is 0.00554. The molecular weight excluding hydrogens is 359 g/mol. The number of rotatable bonds is 5. The number of para-hydroxylation sites is 2. The molecule has 0 saturated heterocycles. The van der Waals surface area contributed by atoms with Gasteiger partial charge in [-0.05, 0) is 31.2 Å². The molecule has 0 aromatic heterocycles. The Bertz CT molecular complexity index is 755. The van der Waals surface area contributed by atoms with Crippen LogP contribution in [0.15, 0.2) is 47.4 Å². The Morgan fingerprint density at radius 3 is 2.65 bits per heavy atom. The van der Waals surface area contributed by atoms with E-state index < -0.39 is 10.2 Å². The van der Waals surface area contributed by atoms with Gasteiger partial charge in [0, 0.05) is 16.0 Å². The molecule has 0 spiro atoms. The van der Waals surface area contributed by atoms with Gasteiger partial charge in [-0.25, -0.2) is 0 Å². The number of nitro groups is 1. The van der Waals surface area contributed by atoms with E-state index in [9.17, 15) is 14.9 Å². The van der Waals surface area contributed by atoms with Crippen molar-refractivity contribution in [1.82, 2.24) is 0 Å². The lowest BCUT2D eigenvalue weighted by Gasteiger charge is -2.13. The van der Waals surface area contributed by atoms with Crippen molar-refractivity contribution < 1.29 is 9.72 Å². The quantitative estimate of drug-likeness (QED) is 0.455. The fourth-order valence-electron chi connectivity index (χ4n) is 1.78. The van der Waals surface area contributed by atoms with Gasteiger partial charge in [-0.3, -0.25) is 14.9 Å². The fraction of sp³-hybridized carbons (Fsp3) is 0.133. The van der Waals surface area contributed by atoms with Crippen molar-refractivity contribution in [3.63, 3.8) is 0 Å². The van der Waals surface area contributed by atoms with Crippen LogP contribution in [-0.2, 0) is 4.79 Å². The van der Waals surface area contributed by atoms with Crippen LogP contribution in [-0.4, -0.2) is 16.1 Å². The van der Waals surface area contributed by atoms with Crippen LogP contribution in [0.25, 0.3) is 0 Å². The largest absolute Gasteiger partial charge is 0.319 e. The van der Waals surface area contributed by atoms with Gasteiger partial charge >= 0.3 is 0 Å². The molecule has 5 nitrogen and oxygen atoms in total. The molecule has 0 aliphatic heterocycles. The molecule has 2 rings (SSSR count). The number of thioether (sulfide) groups is 1. The highest BCUT2D eigenvalue weighted by atomic mass is 35.5. The van der Waals surface area contributed by atoms with Crippen molar-refractivity contribution >= 4 is 52.2 Å². The van der Waals surface area contributed by atoms with E-state index in [2.05, 4.69) is 5.32 Å². The Morgan fingerprint density at radius 1 is 1.26 bits per heavy atom. The minimum Gasteiger partial charge on any atom is -0.319 e. The third-order valence-electron chi connectivity index (χ3n) is 2.92. The van der Waals surface area contributed by atoms with Crippen LogP contribution >= 0.6 is 35.0 Å². The van der Waals surface area contributed by atoms with E-state index in [1.54, 1.807) is 31.2 Å². The van der Waals surface area contributed by atoms with Crippen molar-refractivity contribution in [3.8, 4) is 0 Å². The molecule has 1 amide bonds. The summed E-state index contributed by atoms with van der Waals surface area (Å²) in [5, 5.41) is 14.0. The summed E-state index contributed by atoms with van der Waals surface area (Å²) >= 11 is 13.2. The molecule has 0 bridgehead atoms. The van der Waals surface area contributed by atoms with Gasteiger partial charge in [-0.1, -0.05) is 35.3 Å². The smallest absolute Gasteiger partial charge is 0.292 e. The number of anilines is 1. The molecule has 2 aromatic rings. The first-order valence-corrected chi connectivity index (χ1v) is 8.18. The first-order valence-electron chi connectivity index (χ1n) is 6.54. The number of carbonyl (C=O) groups excluding carboxylic acids is 1. The van der Waals surface area contributed by atoms with Gasteiger partial charge in [0.1, 0.15) is 5.69 Å². The molecule has 120 valence electrons. The second-order valence-electron chi connectivity index (χ2n) is 4.60. The minimum absolute atomic E-state index is 0.154. The lowest BCUT2D eigenvalue weighted by atomic mass is 10.2. The minimum atomic E-state index is -0.540. The SMILES string of the molecule is C[C@H](Sc1cc(Cl)ccc1Cl)C(=O)Nc1ccccc1[N+](=O)[O-]. The molecule has 2 aromatic carbocycles. The van der Waals surface area contributed by atoms with Gasteiger partial charge < -0.3 is 5.32 Å². The Balaban J connectivity index is 2.12. The molecule has 1 N–H and O–H groups in total. The zero-order chi connectivity index (χ0) is 17.0. The van der Waals surface area contributed by atoms with Gasteiger partial charge in [0.2, 0.25) is 5.91 Å². The van der Waals surface area contributed by atoms with Crippen molar-refractivity contribution in [1.29, 1.82) is 0 Å². The third kappa shape index (κ3) is 4.60. The zero-order valence-corrected chi connectivity index (χ0v) is 14.3. The first-order chi connectivity index (χ1) is 10.9. The van der Waals surface area contributed by atoms with E-state index >= 15 is 0 Å². The molecule has 0 aliphatic rings. The molecule has 23 heavy (non-hydrogen) atoms. The van der Waals surface area contributed by atoms with Gasteiger partial charge in [-0.15, -0.1) is 11.8 Å². The van der Waals surface area contributed by atoms with Crippen LogP contribution in [0.1, 0.15) is 6.92 Å². The van der Waals surface area contributed by atoms with Crippen LogP contribution in [0.5, 0.6) is 0 Å². The number of hydrogen-bond acceptors (Lipinski definition) is 4. The number of benzene rings is 2. The molecule has 0 fully saturated rings. The Labute approximate surface area is 147 Å². The monoisotopic (exact) mass is 370 g/mol. The van der Waals surface area contributed by atoms with Crippen LogP contribution in [0.4, 0.5) is 11.4 Å². The molecule has 0 heterocycles. The fourth-order valence-corrected chi connectivity index (χ4v) is 3.19. The van der Waals surface area contributed by atoms with E-state index in [0.29, 0.717) is 14.9 Å². The predicted molar refractivity (Wildman–Crippen MR) is 93.5 cm³/mol. The second-order valence-corrected chi connectivity index (χ2v) is 6.82. The Hall–Kier alpha value is -1.76. The number of carbonyl (C=O) groups is 1. The van der Waals surface area contributed by atoms with Gasteiger partial charge in [0.15, 0.2) is 0 Å². The highest BCUT2D eigenvalue weighted by Crippen LogP contribution is 2.33. The number of amides is 1. The van der Waals surface area contributed by atoms with Crippen molar-refractivity contribution in [3.05, 3.63) is 62.6 Å². The van der Waals surface area contributed by atoms with Crippen molar-refractivity contribution in [2.45, 2.75) is 17.1 Å². The average Bonchev–Trinajstić information content (AvgIpc) is 2.51. The number of nitro benzene ring substituents is 1. The molecule has 0 aliphatic carbocycles. The summed E-state index contributed by atoms with van der Waals surface area (Å²) in [6, 6.07) is 11.0. The third-order valence-corrected chi connectivity index (χ3v) is 4.76. The lowest BCUT2D eigenvalue weighted by molar-refractivity contribution is -0.383. The van der Waals surface area contributed by atoms with Crippen molar-refractivity contribution in [2.75, 3.05) is 5.32 Å². The van der Waals surface area contributed by atoms with E-state index in [1.165, 1.54) is 30.0 Å². The standard InChI is InChI=1S/C15H12Cl2N2O3S/c1-9(23-14-8-10(16)6-7-11(14)17)15(20)18-12-4-2-3-5-13(12)19(21)22/h2-9H,1H3,(H,18,20)/t9-/m0/s1. The molecule has 1 atom stereocenters. The topological polar surface area (TPSA) is 72.2 Å². The van der Waals surface area contributed by atoms with Crippen LogP contribution in [0.2, 0.25) is 10.0 Å². The van der Waals surface area contributed by atoms with Gasteiger partial charge in [-0.2, -0.15) is 0 Å². The number of nitrogens with one attached hydrogen (secondary N) is 1. The maximum atomic E-state index is 12.3. The summed E-state index contributed by atoms with van der Waals surface area (Å²) in [6.45, 7) is 1.69. The molecule has 0 radical (unpaired) electrons. The maximum absolute atomic E-state index is 12.3. The first kappa shape index (κ1) is 17.6. The maximum Gasteiger partial charge on any atom is 0.292 e. The number of halogens is 2. The van der Waals surface area contributed by atoms with E-state index in [4.69, 9.17) is 23.2 Å². The summed E-state index contributed by atoms with van der Waals surface area (Å²) in [4.78, 5) is 23.4. The van der Waals surface area contributed by atoms with E-state index in [1.807, 2.05) is 0 Å². The average molecular weight is 371 g/mol. The summed E-state index contributed by atoms with van der Waals surface area (Å²) in [7, 11) is 0. The van der Waals surface area contributed by atoms with Gasteiger partial charge in [0.05, 0.1) is 15.2 Å². The second kappa shape index (κ2) is 7.68. The molecule has 0 saturated carbocycles. The Kier molecular flexibility index (Phi) is 5.87. The summed E-state index contributed by atoms with van der Waals surface area (Å²) in [6.07, 6.45) is 0. The predicted octanol–water partition coefficient (Wildman–Crippen LogP) is 5.02. The zero-order valence-electron chi connectivity index (χ0n) is 12.0. The highest BCUT2D eigenvalue weighted by molar-refractivity contribution is 8.00. The van der Waals surface area contributed by atoms with Gasteiger partial charge in [0.25, 0.3) is 5.69 Å². The van der Waals surface area contributed by atoms with Crippen LogP contribution < -0.4 is 5.32 Å². The number of hydrogen-bond donors (Lipinski definition) is 1. The normalized spacial score (nSPS) is 11.8. The van der Waals surface area contributed by atoms with Crippen LogP contribution in [0.3, 0.4) is 0 Å². The number of nitrogens with zero attached hydrogens (tertiary/aromatic N) is 1. The highest BCUT2D eigenvalue weighted by Gasteiger charge is 2.20. The lowest BCUT2D eigenvalue weighted by Crippen LogP contribution is -2.22. The van der Waals surface area contributed by atoms with Crippen molar-refractivity contribution in [2.24, 2.45) is 0 Å². The molecular formula is C15H12Cl2N2O3S.